The number of nitrogens with one attached hydrogen (secondary N) is 2. The summed E-state index contributed by atoms with van der Waals surface area (Å²) in [7, 11) is -4.81. The van der Waals surface area contributed by atoms with E-state index >= 15 is 0 Å². The summed E-state index contributed by atoms with van der Waals surface area (Å²) in [6.45, 7) is 2.80. The Morgan fingerprint density at radius 1 is 1.05 bits per heavy atom. The Hall–Kier alpha value is -1.87. The zero-order valence-electron chi connectivity index (χ0n) is 12.1. The van der Waals surface area contributed by atoms with E-state index in [9.17, 15) is 13.5 Å². The first kappa shape index (κ1) is 16.5. The summed E-state index contributed by atoms with van der Waals surface area (Å²) in [6.07, 6.45) is 6.30. The van der Waals surface area contributed by atoms with Gasteiger partial charge in [0.2, 0.25) is 0 Å². The quantitative estimate of drug-likeness (QED) is 0.765. The fourth-order valence-corrected chi connectivity index (χ4v) is 2.96. The third-order valence-corrected chi connectivity index (χ3v) is 4.27. The molecule has 0 aromatic carbocycles. The predicted octanol–water partition coefficient (Wildman–Crippen LogP) is 0.257. The van der Waals surface area contributed by atoms with Gasteiger partial charge in [-0.15, -0.1) is 0 Å². The smallest absolute Gasteiger partial charge is 0.382 e. The van der Waals surface area contributed by atoms with Crippen LogP contribution in [0.4, 0.5) is 0 Å². The van der Waals surface area contributed by atoms with Gasteiger partial charge >= 0.3 is 10.4 Å². The Balaban J connectivity index is 2.63. The molecule has 7 nitrogen and oxygen atoms in total. The minimum atomic E-state index is -4.81. The molecule has 2 aromatic heterocycles. The van der Waals surface area contributed by atoms with Crippen LogP contribution in [0.15, 0.2) is 49.1 Å². The summed E-state index contributed by atoms with van der Waals surface area (Å²) >= 11 is 0. The molecule has 118 valence electrons. The van der Waals surface area contributed by atoms with E-state index in [-0.39, 0.29) is 0 Å². The second kappa shape index (κ2) is 5.73. The summed E-state index contributed by atoms with van der Waals surface area (Å²) in [5, 5.41) is 11.0. The van der Waals surface area contributed by atoms with Crippen LogP contribution in [0.5, 0.6) is 0 Å². The second-order valence-electron chi connectivity index (χ2n) is 5.20. The molecule has 0 radical (unpaired) electrons. The molecule has 0 spiro atoms. The molecule has 0 aliphatic rings. The van der Waals surface area contributed by atoms with Crippen LogP contribution >= 0.6 is 0 Å². The highest BCUT2D eigenvalue weighted by molar-refractivity contribution is 7.80. The van der Waals surface area contributed by atoms with E-state index in [0.717, 1.165) is 0 Å². The predicted molar refractivity (Wildman–Crippen MR) is 75.6 cm³/mol. The minimum absolute atomic E-state index is 0.349. The van der Waals surface area contributed by atoms with Crippen LogP contribution in [0.2, 0.25) is 0 Å². The van der Waals surface area contributed by atoms with Crippen LogP contribution in [0, 0.1) is 0 Å². The van der Waals surface area contributed by atoms with E-state index in [1.807, 2.05) is 0 Å². The van der Waals surface area contributed by atoms with E-state index in [1.165, 1.54) is 26.2 Å². The van der Waals surface area contributed by atoms with Gasteiger partial charge in [-0.25, -0.2) is 14.2 Å². The molecule has 4 N–H and O–H groups in total. The van der Waals surface area contributed by atoms with Crippen molar-refractivity contribution in [3.8, 4) is 0 Å². The van der Waals surface area contributed by atoms with Crippen molar-refractivity contribution in [2.24, 2.45) is 0 Å². The van der Waals surface area contributed by atoms with Gasteiger partial charge in [0.25, 0.3) is 0 Å². The van der Waals surface area contributed by atoms with Crippen molar-refractivity contribution in [3.05, 3.63) is 60.2 Å². The lowest BCUT2D eigenvalue weighted by atomic mass is 9.77. The molecule has 0 aliphatic carbocycles. The Bertz CT molecular complexity index is 734. The zero-order chi connectivity index (χ0) is 16.4. The number of hydrogen-bond acceptors (Lipinski definition) is 4. The Kier molecular flexibility index (Phi) is 4.30. The zero-order valence-corrected chi connectivity index (χ0v) is 13.0. The van der Waals surface area contributed by atoms with Crippen LogP contribution in [0.25, 0.3) is 0 Å². The van der Waals surface area contributed by atoms with Crippen LogP contribution in [0.3, 0.4) is 0 Å². The third-order valence-electron chi connectivity index (χ3n) is 3.73. The first-order chi connectivity index (χ1) is 10.2. The average molecular weight is 326 g/mol. The Morgan fingerprint density at radius 3 is 1.95 bits per heavy atom. The van der Waals surface area contributed by atoms with Crippen LogP contribution in [0.1, 0.15) is 25.0 Å². The maximum Gasteiger partial charge on any atom is 0.398 e. The number of rotatable bonds is 5. The van der Waals surface area contributed by atoms with Crippen molar-refractivity contribution < 1.29 is 32.2 Å². The molecule has 2 aromatic rings. The summed E-state index contributed by atoms with van der Waals surface area (Å²) < 4.78 is 36.6. The van der Waals surface area contributed by atoms with E-state index < -0.39 is 21.6 Å². The van der Waals surface area contributed by atoms with Gasteiger partial charge in [0, 0.05) is 12.1 Å². The van der Waals surface area contributed by atoms with Crippen LogP contribution < -0.4 is 9.97 Å². The Morgan fingerprint density at radius 2 is 1.55 bits per heavy atom. The van der Waals surface area contributed by atoms with Crippen molar-refractivity contribution in [1.82, 2.24) is 0 Å². The molecule has 0 amide bonds. The molecule has 0 unspecified atom stereocenters. The second-order valence-corrected chi connectivity index (χ2v) is 6.22. The van der Waals surface area contributed by atoms with Crippen LogP contribution in [-0.4, -0.2) is 18.1 Å². The van der Waals surface area contributed by atoms with E-state index in [0.29, 0.717) is 11.1 Å². The van der Waals surface area contributed by atoms with Gasteiger partial charge in [-0.1, -0.05) is 0 Å². The number of hydrogen-bond donors (Lipinski definition) is 2. The third kappa shape index (κ3) is 3.14. The number of aromatic amines is 2. The highest BCUT2D eigenvalue weighted by Gasteiger charge is 2.52. The van der Waals surface area contributed by atoms with Gasteiger partial charge in [0.15, 0.2) is 30.4 Å². The number of H-pyrrole nitrogens is 2. The maximum absolute atomic E-state index is 11.3. The average Bonchev–Trinajstić information content (AvgIpc) is 2.47. The summed E-state index contributed by atoms with van der Waals surface area (Å²) in [5.74, 6) is 0. The van der Waals surface area contributed by atoms with E-state index in [1.54, 1.807) is 36.7 Å². The molecule has 0 saturated carbocycles. The van der Waals surface area contributed by atoms with Crippen molar-refractivity contribution in [2.75, 3.05) is 0 Å². The van der Waals surface area contributed by atoms with Crippen molar-refractivity contribution in [1.29, 1.82) is 0 Å². The lowest BCUT2D eigenvalue weighted by Gasteiger charge is -2.39. The minimum Gasteiger partial charge on any atom is -0.382 e. The summed E-state index contributed by atoms with van der Waals surface area (Å²) in [5.41, 5.74) is -2.77. The van der Waals surface area contributed by atoms with E-state index in [2.05, 4.69) is 9.97 Å². The molecular formula is C14H18N2O5S+2. The first-order valence-electron chi connectivity index (χ1n) is 6.50. The van der Waals surface area contributed by atoms with Gasteiger partial charge < -0.3 is 5.11 Å². The SMILES string of the molecule is C[C@](OS(=O)(=O)O)(c1ccc[nH+]c1)[C@](C)(O)c1ccc[nH+]c1. The number of pyridine rings is 2. The van der Waals surface area contributed by atoms with Gasteiger partial charge in [-0.05, 0) is 26.0 Å². The Labute approximate surface area is 128 Å². The molecule has 2 atom stereocenters. The van der Waals surface area contributed by atoms with Crippen molar-refractivity contribution in [3.63, 3.8) is 0 Å². The highest BCUT2D eigenvalue weighted by Crippen LogP contribution is 2.43. The van der Waals surface area contributed by atoms with Gasteiger partial charge in [0.05, 0.1) is 11.1 Å². The number of aromatic nitrogens is 2. The van der Waals surface area contributed by atoms with Gasteiger partial charge in [0.1, 0.15) is 5.60 Å². The highest BCUT2D eigenvalue weighted by atomic mass is 32.3. The van der Waals surface area contributed by atoms with Gasteiger partial charge in [-0.2, -0.15) is 8.42 Å². The number of aliphatic hydroxyl groups is 1. The molecule has 8 heteroatoms. The molecular weight excluding hydrogens is 308 g/mol. The summed E-state index contributed by atoms with van der Waals surface area (Å²) in [6, 6.07) is 6.50. The molecule has 2 heterocycles. The van der Waals surface area contributed by atoms with E-state index in [4.69, 9.17) is 8.74 Å². The lowest BCUT2D eigenvalue weighted by molar-refractivity contribution is -0.382. The topological polar surface area (TPSA) is 112 Å². The normalized spacial score (nSPS) is 17.5. The van der Waals surface area contributed by atoms with Crippen molar-refractivity contribution in [2.45, 2.75) is 25.0 Å². The standard InChI is InChI=1S/C14H16N2O5S/c1-13(17,11-5-3-7-15-9-11)14(2,21-22(18,19)20)12-6-4-8-16-10-12/h3-10,17H,1-2H3,(H,18,19,20)/p+2/t13-,14+/m1/s1. The van der Waals surface area contributed by atoms with Crippen LogP contribution in [-0.2, 0) is 25.8 Å². The molecule has 0 saturated heterocycles. The molecule has 22 heavy (non-hydrogen) atoms. The molecule has 2 rings (SSSR count). The molecule has 0 fully saturated rings. The largest absolute Gasteiger partial charge is 0.398 e. The first-order valence-corrected chi connectivity index (χ1v) is 7.87. The monoisotopic (exact) mass is 326 g/mol. The molecule has 0 bridgehead atoms. The van der Waals surface area contributed by atoms with Gasteiger partial charge in [-0.3, -0.25) is 4.55 Å². The fourth-order valence-electron chi connectivity index (χ4n) is 2.28. The van der Waals surface area contributed by atoms with Crippen molar-refractivity contribution >= 4 is 10.4 Å². The fraction of sp³-hybridized carbons (Fsp3) is 0.286. The molecule has 0 aliphatic heterocycles. The summed E-state index contributed by atoms with van der Waals surface area (Å²) in [4.78, 5) is 5.62. The maximum atomic E-state index is 11.3. The lowest BCUT2D eigenvalue weighted by Crippen LogP contribution is -2.49.